The molecule has 0 N–H and O–H groups in total. The molecule has 0 aromatic heterocycles. The molecule has 1 aliphatic rings. The molecule has 0 heterocycles. The van der Waals surface area contributed by atoms with E-state index in [1.165, 1.54) is 55.3 Å². The molecule has 0 nitrogen and oxygen atoms in total. The van der Waals surface area contributed by atoms with Crippen LogP contribution in [0.25, 0.3) is 21.9 Å². The Morgan fingerprint density at radius 1 is 0.743 bits per heavy atom. The fourth-order valence-corrected chi connectivity index (χ4v) is 5.58. The van der Waals surface area contributed by atoms with E-state index >= 15 is 0 Å². The summed E-state index contributed by atoms with van der Waals surface area (Å²) >= 11 is 0. The molecule has 0 spiro atoms. The molecule has 10 radical (unpaired) electrons. The molecule has 0 bridgehead atoms. The van der Waals surface area contributed by atoms with Crippen LogP contribution in [0.4, 0.5) is 0 Å². The zero-order valence-electron chi connectivity index (χ0n) is 23.4. The number of fused-ring (bicyclic) bond motifs is 1. The molecule has 0 saturated heterocycles. The molecule has 4 heteroatoms. The van der Waals surface area contributed by atoms with Crippen molar-refractivity contribution in [2.75, 3.05) is 0 Å². The van der Waals surface area contributed by atoms with Crippen LogP contribution in [0.1, 0.15) is 54.2 Å². The van der Waals surface area contributed by atoms with Gasteiger partial charge in [0, 0.05) is 0 Å². The molecule has 3 aromatic rings. The first-order valence-corrected chi connectivity index (χ1v) is 14.4. The summed E-state index contributed by atoms with van der Waals surface area (Å²) in [5.41, 5.74) is 12.2. The molecule has 0 amide bonds. The molecule has 0 unspecified atom stereocenters. The van der Waals surface area contributed by atoms with Gasteiger partial charge in [0.1, 0.15) is 0 Å². The summed E-state index contributed by atoms with van der Waals surface area (Å²) in [6.45, 7) is 22.8. The molecule has 0 aliphatic heterocycles. The van der Waals surface area contributed by atoms with E-state index in [1.807, 2.05) is 0 Å². The third-order valence-electron chi connectivity index (χ3n) is 7.20. The summed E-state index contributed by atoms with van der Waals surface area (Å²) in [6, 6.07) is 11.6. The van der Waals surface area contributed by atoms with Gasteiger partial charge in [0.25, 0.3) is 0 Å². The minimum Gasteiger partial charge on any atom is -1.00 e. The first-order valence-electron chi connectivity index (χ1n) is 11.9. The summed E-state index contributed by atoms with van der Waals surface area (Å²) in [5, 5.41) is 2.86. The Balaban J connectivity index is 0.000000904. The fourth-order valence-electron chi connectivity index (χ4n) is 4.59. The van der Waals surface area contributed by atoms with Crippen molar-refractivity contribution in [3.63, 3.8) is 0 Å². The second-order valence-corrected chi connectivity index (χ2v) is 13.5. The van der Waals surface area contributed by atoms with E-state index in [1.54, 1.807) is 0 Å². The second kappa shape index (κ2) is 13.3. The Hall–Kier alpha value is -1.24. The molecule has 4 rings (SSSR count). The van der Waals surface area contributed by atoms with Crippen molar-refractivity contribution in [3.8, 4) is 11.1 Å². The number of rotatable bonds is 2. The Morgan fingerprint density at radius 2 is 1.26 bits per heavy atom. The molecule has 0 atom stereocenters. The second-order valence-electron chi connectivity index (χ2n) is 10.7. The summed E-state index contributed by atoms with van der Waals surface area (Å²) < 4.78 is 0. The van der Waals surface area contributed by atoms with E-state index in [2.05, 4.69) is 123 Å². The smallest absolute Gasteiger partial charge is 1.00 e. The van der Waals surface area contributed by atoms with E-state index in [0.29, 0.717) is 0 Å². The molecule has 3 aromatic carbocycles. The zero-order valence-corrected chi connectivity index (χ0v) is 26.9. The largest absolute Gasteiger partial charge is 3.00 e. The fraction of sp³-hybridized carbons (Fsp3) is 0.387. The summed E-state index contributed by atoms with van der Waals surface area (Å²) in [7, 11) is -0.0859. The van der Waals surface area contributed by atoms with Gasteiger partial charge in [0.15, 0.2) is 0 Å². The minimum atomic E-state index is -0.0859. The molecule has 0 fully saturated rings. The topological polar surface area (TPSA) is 0 Å². The average Bonchev–Trinajstić information content (AvgIpc) is 3.37. The summed E-state index contributed by atoms with van der Waals surface area (Å²) in [5.74, 6) is 0. The van der Waals surface area contributed by atoms with Crippen LogP contribution in [0.3, 0.4) is 0 Å². The van der Waals surface area contributed by atoms with Gasteiger partial charge in [-0.3, -0.25) is 0 Å². The molecular weight excluding hydrogens is 513 g/mol. The van der Waals surface area contributed by atoms with E-state index < -0.39 is 0 Å². The van der Waals surface area contributed by atoms with Crippen LogP contribution in [-0.2, 0) is 31.6 Å². The van der Waals surface area contributed by atoms with Gasteiger partial charge in [-0.1, -0.05) is 120 Å². The van der Waals surface area contributed by atoms with Crippen molar-refractivity contribution >= 4 is 36.4 Å². The van der Waals surface area contributed by atoms with Crippen molar-refractivity contribution in [3.05, 3.63) is 88.0 Å². The Kier molecular flexibility index (Phi) is 12.9. The van der Waals surface area contributed by atoms with Crippen LogP contribution >= 0.6 is 0 Å². The standard InChI is InChI=1S/C24H29.C7H11Si.2B.Zr/c1-14-13-21-17(4)16(3)18(5)22(23(21)15(14)2)19-9-11-20(12-10-19)24(6,7)8;1-8(2)7-5-3-4-6-7;;;/h9-13H,1-8H3;3-7H,1-2H3;;;/q-1;;2*-1;+3. The number of hydrogen-bond donors (Lipinski definition) is 0. The molecule has 1 aliphatic carbocycles. The number of allylic oxidation sites excluding steroid dienone is 4. The van der Waals surface area contributed by atoms with Gasteiger partial charge in [-0.05, 0) is 35.9 Å². The summed E-state index contributed by atoms with van der Waals surface area (Å²) in [6.07, 6.45) is 8.85. The van der Waals surface area contributed by atoms with Gasteiger partial charge < -0.3 is 16.8 Å². The third kappa shape index (κ3) is 7.17. The quantitative estimate of drug-likeness (QED) is 0.220. The van der Waals surface area contributed by atoms with Gasteiger partial charge in [-0.2, -0.15) is 5.56 Å². The Morgan fingerprint density at radius 3 is 1.69 bits per heavy atom. The van der Waals surface area contributed by atoms with Crippen molar-refractivity contribution < 1.29 is 26.2 Å². The van der Waals surface area contributed by atoms with Crippen molar-refractivity contribution in [1.82, 2.24) is 0 Å². The van der Waals surface area contributed by atoms with Gasteiger partial charge in [0.2, 0.25) is 0 Å². The van der Waals surface area contributed by atoms with Crippen LogP contribution in [0.2, 0.25) is 18.6 Å². The Bertz CT molecular complexity index is 1160. The van der Waals surface area contributed by atoms with Crippen molar-refractivity contribution in [2.24, 2.45) is 0 Å². The monoisotopic (exact) mass is 552 g/mol. The molecule has 178 valence electrons. The average molecular weight is 554 g/mol. The van der Waals surface area contributed by atoms with E-state index in [0.717, 1.165) is 5.54 Å². The maximum absolute atomic E-state index is 2.36. The maximum Gasteiger partial charge on any atom is 3.00 e. The predicted molar refractivity (Wildman–Crippen MR) is 158 cm³/mol. The first-order chi connectivity index (χ1) is 14.9. The predicted octanol–water partition coefficient (Wildman–Crippen LogP) is 8.54. The van der Waals surface area contributed by atoms with Crippen LogP contribution in [0.5, 0.6) is 0 Å². The first kappa shape index (κ1) is 33.8. The minimum absolute atomic E-state index is 0. The van der Waals surface area contributed by atoms with E-state index in [-0.39, 0.29) is 57.2 Å². The van der Waals surface area contributed by atoms with Crippen LogP contribution in [0.15, 0.2) is 54.6 Å². The number of aryl methyl sites for hydroxylation is 3. The molecule has 0 saturated carbocycles. The van der Waals surface area contributed by atoms with E-state index in [4.69, 9.17) is 0 Å². The summed E-state index contributed by atoms with van der Waals surface area (Å²) in [4.78, 5) is 0. The van der Waals surface area contributed by atoms with Gasteiger partial charge in [-0.15, -0.1) is 28.0 Å². The zero-order chi connectivity index (χ0) is 23.8. The number of benzene rings is 2. The number of hydrogen-bond acceptors (Lipinski definition) is 0. The third-order valence-corrected chi connectivity index (χ3v) is 8.92. The van der Waals surface area contributed by atoms with Crippen molar-refractivity contribution in [1.29, 1.82) is 0 Å². The van der Waals surface area contributed by atoms with Gasteiger partial charge in [-0.25, -0.2) is 0 Å². The SMILES string of the molecule is C[Si](C)C1C=CC=C1.Cc1[cH-]c2c(C)c(C)c(C)c(-c3ccc(C(C)(C)C)cc3)c2c1C.[B-].[B-].[Zr+3]. The van der Waals surface area contributed by atoms with Gasteiger partial charge in [0.05, 0.1) is 8.80 Å². The van der Waals surface area contributed by atoms with E-state index in [9.17, 15) is 0 Å². The molecule has 35 heavy (non-hydrogen) atoms. The Labute approximate surface area is 239 Å². The molecular formula is C31H40B2SiZr. The van der Waals surface area contributed by atoms with Crippen LogP contribution < -0.4 is 0 Å². The van der Waals surface area contributed by atoms with Crippen LogP contribution in [-0.4, -0.2) is 25.6 Å². The van der Waals surface area contributed by atoms with Crippen LogP contribution in [0, 0.1) is 34.6 Å². The van der Waals surface area contributed by atoms with Crippen molar-refractivity contribution in [2.45, 2.75) is 79.4 Å². The van der Waals surface area contributed by atoms with Gasteiger partial charge >= 0.3 is 26.2 Å². The maximum atomic E-state index is 2.36. The normalized spacial score (nSPS) is 12.7.